The molecule has 0 spiro atoms. The molecule has 0 aliphatic rings. The van der Waals surface area contributed by atoms with Crippen LogP contribution in [0.4, 0.5) is 5.69 Å². The van der Waals surface area contributed by atoms with Gasteiger partial charge in [-0.25, -0.2) is 5.43 Å². The first-order valence-electron chi connectivity index (χ1n) is 8.24. The van der Waals surface area contributed by atoms with Crippen LogP contribution in [-0.4, -0.2) is 18.7 Å². The van der Waals surface area contributed by atoms with Gasteiger partial charge in [-0.1, -0.05) is 60.2 Å². The summed E-state index contributed by atoms with van der Waals surface area (Å²) in [6, 6.07) is 20.2. The van der Waals surface area contributed by atoms with Gasteiger partial charge in [0.2, 0.25) is 0 Å². The number of nitrogens with zero attached hydrogens (tertiary/aromatic N) is 1. The Labute approximate surface area is 147 Å². The molecule has 4 nitrogen and oxygen atoms in total. The number of benzene rings is 3. The van der Waals surface area contributed by atoms with Crippen molar-refractivity contribution in [2.24, 2.45) is 5.10 Å². The Balaban J connectivity index is 1.59. The average Bonchev–Trinajstić information content (AvgIpc) is 2.61. The van der Waals surface area contributed by atoms with Gasteiger partial charge in [0.15, 0.2) is 0 Å². The van der Waals surface area contributed by atoms with Crippen LogP contribution in [0.15, 0.2) is 65.8 Å². The van der Waals surface area contributed by atoms with E-state index in [9.17, 15) is 4.79 Å². The molecule has 1 amide bonds. The van der Waals surface area contributed by atoms with Crippen LogP contribution in [0.1, 0.15) is 16.7 Å². The smallest absolute Gasteiger partial charge is 0.259 e. The number of carbonyl (C=O) groups excluding carboxylic acids is 1. The highest BCUT2D eigenvalue weighted by Gasteiger charge is 2.02. The fraction of sp³-hybridized carbons (Fsp3) is 0.143. The molecular weight excluding hydrogens is 310 g/mol. The number of hydrogen-bond donors (Lipinski definition) is 2. The van der Waals surface area contributed by atoms with Crippen LogP contribution in [0.2, 0.25) is 0 Å². The van der Waals surface area contributed by atoms with Crippen molar-refractivity contribution < 1.29 is 4.79 Å². The number of hydrazone groups is 1. The summed E-state index contributed by atoms with van der Waals surface area (Å²) in [6.07, 6.45) is 1.68. The molecule has 25 heavy (non-hydrogen) atoms. The summed E-state index contributed by atoms with van der Waals surface area (Å²) in [5, 5.41) is 9.46. The molecule has 0 fully saturated rings. The van der Waals surface area contributed by atoms with Gasteiger partial charge in [-0.3, -0.25) is 4.79 Å². The van der Waals surface area contributed by atoms with Gasteiger partial charge in [0, 0.05) is 11.3 Å². The second-order valence-corrected chi connectivity index (χ2v) is 6.03. The van der Waals surface area contributed by atoms with Gasteiger partial charge in [0.25, 0.3) is 5.91 Å². The topological polar surface area (TPSA) is 53.5 Å². The van der Waals surface area contributed by atoms with Gasteiger partial charge in [0.1, 0.15) is 0 Å². The zero-order valence-electron chi connectivity index (χ0n) is 14.4. The van der Waals surface area contributed by atoms with Crippen LogP contribution in [-0.2, 0) is 4.79 Å². The maximum Gasteiger partial charge on any atom is 0.259 e. The van der Waals surface area contributed by atoms with Crippen molar-refractivity contribution in [3.05, 3.63) is 77.4 Å². The van der Waals surface area contributed by atoms with Crippen LogP contribution in [0, 0.1) is 13.8 Å². The lowest BCUT2D eigenvalue weighted by Crippen LogP contribution is -2.26. The molecule has 0 saturated heterocycles. The molecule has 0 aliphatic heterocycles. The maximum atomic E-state index is 12.0. The molecule has 0 saturated carbocycles. The highest BCUT2D eigenvalue weighted by molar-refractivity contribution is 6.00. The van der Waals surface area contributed by atoms with E-state index in [2.05, 4.69) is 34.0 Å². The highest BCUT2D eigenvalue weighted by atomic mass is 16.2. The van der Waals surface area contributed by atoms with Crippen LogP contribution in [0.3, 0.4) is 0 Å². The number of hydrogen-bond acceptors (Lipinski definition) is 3. The summed E-state index contributed by atoms with van der Waals surface area (Å²) < 4.78 is 0. The second-order valence-electron chi connectivity index (χ2n) is 6.03. The minimum atomic E-state index is -0.184. The van der Waals surface area contributed by atoms with Crippen molar-refractivity contribution in [1.29, 1.82) is 0 Å². The molecule has 3 aromatic rings. The number of amides is 1. The first-order chi connectivity index (χ1) is 12.1. The molecule has 4 heteroatoms. The molecular formula is C21H21N3O. The largest absolute Gasteiger partial charge is 0.376 e. The van der Waals surface area contributed by atoms with E-state index in [1.165, 1.54) is 5.56 Å². The first kappa shape index (κ1) is 16.7. The van der Waals surface area contributed by atoms with Gasteiger partial charge in [-0.15, -0.1) is 0 Å². The highest BCUT2D eigenvalue weighted by Crippen LogP contribution is 2.17. The predicted molar refractivity (Wildman–Crippen MR) is 104 cm³/mol. The molecule has 2 N–H and O–H groups in total. The van der Waals surface area contributed by atoms with E-state index in [0.717, 1.165) is 27.6 Å². The number of carbonyl (C=O) groups is 1. The standard InChI is InChI=1S/C21H21N3O/c1-15-10-11-20(16(2)12-15)22-14-21(25)24-23-13-18-8-5-7-17-6-3-4-9-19(17)18/h3-13,22H,14H2,1-2H3,(H,24,25). The van der Waals surface area contributed by atoms with Crippen molar-refractivity contribution in [3.63, 3.8) is 0 Å². The van der Waals surface area contributed by atoms with Gasteiger partial charge in [-0.05, 0) is 36.2 Å². The van der Waals surface area contributed by atoms with Crippen LogP contribution in [0.5, 0.6) is 0 Å². The lowest BCUT2D eigenvalue weighted by Gasteiger charge is -2.09. The second kappa shape index (κ2) is 7.62. The van der Waals surface area contributed by atoms with Crippen molar-refractivity contribution in [2.45, 2.75) is 13.8 Å². The zero-order chi connectivity index (χ0) is 17.6. The van der Waals surface area contributed by atoms with E-state index < -0.39 is 0 Å². The zero-order valence-corrected chi connectivity index (χ0v) is 14.4. The van der Waals surface area contributed by atoms with Crippen LogP contribution >= 0.6 is 0 Å². The number of aryl methyl sites for hydroxylation is 2. The van der Waals surface area contributed by atoms with Crippen LogP contribution in [0.25, 0.3) is 10.8 Å². The fourth-order valence-corrected chi connectivity index (χ4v) is 2.76. The number of nitrogens with one attached hydrogen (secondary N) is 2. The molecule has 3 rings (SSSR count). The third kappa shape index (κ3) is 4.23. The lowest BCUT2D eigenvalue weighted by molar-refractivity contribution is -0.119. The fourth-order valence-electron chi connectivity index (χ4n) is 2.76. The number of rotatable bonds is 5. The monoisotopic (exact) mass is 331 g/mol. The van der Waals surface area contributed by atoms with E-state index in [4.69, 9.17) is 0 Å². The molecule has 126 valence electrons. The molecule has 0 aromatic heterocycles. The SMILES string of the molecule is Cc1ccc(NCC(=O)NN=Cc2cccc3ccccc23)c(C)c1. The Morgan fingerprint density at radius 2 is 1.84 bits per heavy atom. The maximum absolute atomic E-state index is 12.0. The van der Waals surface area contributed by atoms with Crippen molar-refractivity contribution >= 4 is 28.6 Å². The Hall–Kier alpha value is -3.14. The number of anilines is 1. The summed E-state index contributed by atoms with van der Waals surface area (Å²) in [6.45, 7) is 4.24. The van der Waals surface area contributed by atoms with E-state index in [1.807, 2.05) is 56.3 Å². The minimum absolute atomic E-state index is 0.177. The number of fused-ring (bicyclic) bond motifs is 1. The van der Waals surface area contributed by atoms with Crippen LogP contribution < -0.4 is 10.7 Å². The Bertz CT molecular complexity index is 926. The van der Waals surface area contributed by atoms with Crippen molar-refractivity contribution in [1.82, 2.24) is 5.43 Å². The molecule has 0 aliphatic carbocycles. The molecule has 0 heterocycles. The predicted octanol–water partition coefficient (Wildman–Crippen LogP) is 4.02. The van der Waals surface area contributed by atoms with Gasteiger partial charge < -0.3 is 5.32 Å². The van der Waals surface area contributed by atoms with E-state index >= 15 is 0 Å². The molecule has 0 radical (unpaired) electrons. The lowest BCUT2D eigenvalue weighted by atomic mass is 10.1. The Morgan fingerprint density at radius 1 is 1.04 bits per heavy atom. The quantitative estimate of drug-likeness (QED) is 0.548. The normalized spacial score (nSPS) is 11.0. The average molecular weight is 331 g/mol. The molecule has 0 bridgehead atoms. The summed E-state index contributed by atoms with van der Waals surface area (Å²) in [7, 11) is 0. The van der Waals surface area contributed by atoms with Gasteiger partial charge in [-0.2, -0.15) is 5.10 Å². The summed E-state index contributed by atoms with van der Waals surface area (Å²) in [5.41, 5.74) is 6.81. The van der Waals surface area contributed by atoms with Gasteiger partial charge >= 0.3 is 0 Å². The first-order valence-corrected chi connectivity index (χ1v) is 8.24. The van der Waals surface area contributed by atoms with Crippen molar-refractivity contribution in [2.75, 3.05) is 11.9 Å². The van der Waals surface area contributed by atoms with E-state index in [-0.39, 0.29) is 12.5 Å². The summed E-state index contributed by atoms with van der Waals surface area (Å²) >= 11 is 0. The Morgan fingerprint density at radius 3 is 2.68 bits per heavy atom. The molecule has 3 aromatic carbocycles. The van der Waals surface area contributed by atoms with E-state index in [1.54, 1.807) is 6.21 Å². The third-order valence-corrected chi connectivity index (χ3v) is 4.04. The third-order valence-electron chi connectivity index (χ3n) is 4.04. The summed E-state index contributed by atoms with van der Waals surface area (Å²) in [5.74, 6) is -0.184. The molecule has 0 atom stereocenters. The summed E-state index contributed by atoms with van der Waals surface area (Å²) in [4.78, 5) is 12.0. The van der Waals surface area contributed by atoms with Gasteiger partial charge in [0.05, 0.1) is 12.8 Å². The molecule has 0 unspecified atom stereocenters. The van der Waals surface area contributed by atoms with E-state index in [0.29, 0.717) is 0 Å². The Kier molecular flexibility index (Phi) is 5.09. The van der Waals surface area contributed by atoms with Crippen molar-refractivity contribution in [3.8, 4) is 0 Å². The minimum Gasteiger partial charge on any atom is -0.376 e.